The van der Waals surface area contributed by atoms with Gasteiger partial charge in [-0.15, -0.1) is 0 Å². The molecular weight excluding hydrogens is 1120 g/mol. The van der Waals surface area contributed by atoms with Crippen molar-refractivity contribution in [3.8, 4) is 46.0 Å². The van der Waals surface area contributed by atoms with E-state index in [2.05, 4.69) is 6.07 Å². The third-order valence-corrected chi connectivity index (χ3v) is 16.6. The van der Waals surface area contributed by atoms with Crippen molar-refractivity contribution < 1.29 is 89.8 Å². The Balaban J connectivity index is 1.99. The molecule has 0 saturated heterocycles. The van der Waals surface area contributed by atoms with E-state index in [4.69, 9.17) is 37.9 Å². The predicted molar refractivity (Wildman–Crippen MR) is 305 cm³/mol. The first-order valence-corrected chi connectivity index (χ1v) is 33.7. The molecule has 0 fully saturated rings. The molecule has 0 spiro atoms. The minimum Gasteiger partial charge on any atom is -0.493 e. The molecule has 0 amide bonds. The van der Waals surface area contributed by atoms with E-state index in [9.17, 15) is 51.9 Å². The van der Waals surface area contributed by atoms with E-state index in [0.29, 0.717) is 109 Å². The Hall–Kier alpha value is -5.08. The lowest BCUT2D eigenvalue weighted by Gasteiger charge is -2.30. The second-order valence-electron chi connectivity index (χ2n) is 19.9. The maximum absolute atomic E-state index is 11.9. The van der Waals surface area contributed by atoms with Crippen LogP contribution in [-0.2, 0) is 40.5 Å². The van der Waals surface area contributed by atoms with Crippen LogP contribution in [0, 0.1) is 0 Å². The van der Waals surface area contributed by atoms with Crippen LogP contribution in [0.4, 0.5) is 0 Å². The standard InChI is InChI=1S/C56H80O20S4/c1-9-17-69-49-33-50(70-18-10-2)42-29-41(49)37(5)43-30-45(53(34-51(43)71-19-11-3)73-21-13-25-77(57,58)59)39(7)47-32-48(56(76-24-16-28-80(66,67)68)36-55(47)75-23-15-27-79(63,64)65)40(8)46-31-44(38(42)6)52(72-20-12-4)35-54(46)74-22-14-26-78(60,61)62/h29-40H,9-28H2,1-8H3,(H,57,58,59)(H,60,61,62)(H,63,64,65)(H,66,67,68). The number of benzene rings is 4. The summed E-state index contributed by atoms with van der Waals surface area (Å²) in [4.78, 5) is 0. The summed E-state index contributed by atoms with van der Waals surface area (Å²) in [5.41, 5.74) is 5.22. The summed E-state index contributed by atoms with van der Waals surface area (Å²) in [7, 11) is -17.5. The van der Waals surface area contributed by atoms with Gasteiger partial charge in [0.05, 0.1) is 75.9 Å². The second kappa shape index (κ2) is 29.8. The van der Waals surface area contributed by atoms with Crippen molar-refractivity contribution in [1.29, 1.82) is 0 Å². The maximum Gasteiger partial charge on any atom is 0.264 e. The quantitative estimate of drug-likeness (QED) is 0.0261. The van der Waals surface area contributed by atoms with Crippen LogP contribution >= 0.6 is 0 Å². The van der Waals surface area contributed by atoms with Gasteiger partial charge in [0.15, 0.2) is 0 Å². The van der Waals surface area contributed by atoms with Crippen LogP contribution in [-0.4, -0.2) is 128 Å². The normalized spacial score (nSPS) is 16.6. The molecule has 4 atom stereocenters. The van der Waals surface area contributed by atoms with Crippen molar-refractivity contribution in [2.24, 2.45) is 0 Å². The highest BCUT2D eigenvalue weighted by atomic mass is 32.2. The van der Waals surface area contributed by atoms with Crippen LogP contribution in [0.5, 0.6) is 46.0 Å². The molecule has 4 aromatic rings. The highest BCUT2D eigenvalue weighted by Gasteiger charge is 2.32. The third kappa shape index (κ3) is 19.5. The average molecular weight is 1200 g/mol. The van der Waals surface area contributed by atoms with E-state index in [0.717, 1.165) is 22.3 Å². The summed E-state index contributed by atoms with van der Waals surface area (Å²) in [6.45, 7) is 16.5. The molecule has 1 aliphatic carbocycles. The van der Waals surface area contributed by atoms with E-state index < -0.39 is 87.2 Å². The summed E-state index contributed by atoms with van der Waals surface area (Å²) in [5.74, 6) is -1.59. The summed E-state index contributed by atoms with van der Waals surface area (Å²) in [5, 5.41) is 0. The molecule has 0 radical (unpaired) electrons. The molecule has 5 rings (SSSR count). The molecule has 1 aliphatic rings. The molecule has 0 saturated carbocycles. The zero-order valence-electron chi connectivity index (χ0n) is 47.0. The van der Waals surface area contributed by atoms with Gasteiger partial charge in [0, 0.05) is 92.4 Å². The molecule has 0 aromatic heterocycles. The van der Waals surface area contributed by atoms with E-state index in [1.165, 1.54) is 0 Å². The number of hydrogen-bond donors (Lipinski definition) is 4. The van der Waals surface area contributed by atoms with Crippen molar-refractivity contribution in [3.63, 3.8) is 0 Å². The third-order valence-electron chi connectivity index (χ3n) is 13.4. The predicted octanol–water partition coefficient (Wildman–Crippen LogP) is 10.4. The number of fused-ring (bicyclic) bond motifs is 8. The topological polar surface area (TPSA) is 291 Å². The summed E-state index contributed by atoms with van der Waals surface area (Å²) in [6, 6.07) is 14.9. The van der Waals surface area contributed by atoms with Crippen LogP contribution in [0.3, 0.4) is 0 Å². The molecule has 4 unspecified atom stereocenters. The molecule has 4 N–H and O–H groups in total. The molecule has 4 aromatic carbocycles. The highest BCUT2D eigenvalue weighted by molar-refractivity contribution is 7.86. The molecule has 0 heterocycles. The minimum absolute atomic E-state index is 0.0701. The second-order valence-corrected chi connectivity index (χ2v) is 26.2. The van der Waals surface area contributed by atoms with Gasteiger partial charge in [0.25, 0.3) is 40.5 Å². The van der Waals surface area contributed by atoms with Gasteiger partial charge in [0.1, 0.15) is 46.0 Å². The first kappa shape index (κ1) is 65.7. The Morgan fingerprint density at radius 3 is 0.575 bits per heavy atom. The van der Waals surface area contributed by atoms with Crippen LogP contribution < -0.4 is 37.9 Å². The molecule has 24 heteroatoms. The molecule has 8 bridgehead atoms. The Morgan fingerprint density at radius 2 is 0.438 bits per heavy atom. The average Bonchev–Trinajstić information content (AvgIpc) is 3.47. The Morgan fingerprint density at radius 1 is 0.287 bits per heavy atom. The zero-order chi connectivity index (χ0) is 59.0. The number of hydrogen-bond acceptors (Lipinski definition) is 16. The zero-order valence-corrected chi connectivity index (χ0v) is 50.3. The van der Waals surface area contributed by atoms with E-state index in [1.54, 1.807) is 18.2 Å². The van der Waals surface area contributed by atoms with Crippen LogP contribution in [0.25, 0.3) is 0 Å². The molecule has 0 aliphatic heterocycles. The fourth-order valence-corrected chi connectivity index (χ4v) is 11.2. The minimum atomic E-state index is -4.39. The van der Waals surface area contributed by atoms with Gasteiger partial charge in [-0.2, -0.15) is 33.7 Å². The first-order chi connectivity index (χ1) is 37.7. The number of ether oxygens (including phenoxy) is 8. The molecular formula is C56H80O20S4. The van der Waals surface area contributed by atoms with E-state index in [-0.39, 0.29) is 63.6 Å². The SMILES string of the molecule is CCCOc1cc(OCCC)c2cc1C(C)c1cc(c(OCCCS(=O)(=O)O)cc1OCCC)C(C)c1cc(c(OCCCS(=O)(=O)O)cc1OCCCS(=O)(=O)O)C(C)c1cc(c(OCCC)cc1OCCCS(=O)(=O)O)C2C. The fourth-order valence-electron chi connectivity index (χ4n) is 9.30. The Labute approximate surface area is 473 Å². The van der Waals surface area contributed by atoms with Gasteiger partial charge >= 0.3 is 0 Å². The summed E-state index contributed by atoms with van der Waals surface area (Å²) in [6.07, 6.45) is 2.31. The molecule has 80 heavy (non-hydrogen) atoms. The van der Waals surface area contributed by atoms with Crippen molar-refractivity contribution in [3.05, 3.63) is 93.0 Å². The van der Waals surface area contributed by atoms with Crippen molar-refractivity contribution >= 4 is 40.5 Å². The van der Waals surface area contributed by atoms with Crippen molar-refractivity contribution in [2.75, 3.05) is 75.9 Å². The monoisotopic (exact) mass is 1200 g/mol. The molecule has 448 valence electrons. The van der Waals surface area contributed by atoms with Gasteiger partial charge in [-0.3, -0.25) is 18.2 Å². The lowest BCUT2D eigenvalue weighted by Crippen LogP contribution is -2.15. The van der Waals surface area contributed by atoms with Gasteiger partial charge < -0.3 is 37.9 Å². The summed E-state index contributed by atoms with van der Waals surface area (Å²) < 4.78 is 186. The van der Waals surface area contributed by atoms with Gasteiger partial charge in [0.2, 0.25) is 0 Å². The fraction of sp³-hybridized carbons (Fsp3) is 0.571. The van der Waals surface area contributed by atoms with E-state index in [1.807, 2.05) is 79.7 Å². The van der Waals surface area contributed by atoms with Gasteiger partial charge in [-0.25, -0.2) is 0 Å². The Kier molecular flexibility index (Phi) is 24.5. The molecule has 20 nitrogen and oxygen atoms in total. The van der Waals surface area contributed by atoms with Crippen molar-refractivity contribution in [1.82, 2.24) is 0 Å². The van der Waals surface area contributed by atoms with Crippen molar-refractivity contribution in [2.45, 2.75) is 130 Å². The van der Waals surface area contributed by atoms with E-state index >= 15 is 0 Å². The van der Waals surface area contributed by atoms with Crippen LogP contribution in [0.15, 0.2) is 48.5 Å². The summed E-state index contributed by atoms with van der Waals surface area (Å²) >= 11 is 0. The first-order valence-electron chi connectivity index (χ1n) is 27.2. The highest BCUT2D eigenvalue weighted by Crippen LogP contribution is 2.51. The number of rotatable bonds is 32. The Bertz CT molecular complexity index is 2960. The largest absolute Gasteiger partial charge is 0.493 e. The van der Waals surface area contributed by atoms with Gasteiger partial charge in [-0.05, 0) is 75.6 Å². The van der Waals surface area contributed by atoms with Crippen LogP contribution in [0.1, 0.15) is 175 Å². The van der Waals surface area contributed by atoms with Crippen LogP contribution in [0.2, 0.25) is 0 Å². The van der Waals surface area contributed by atoms with Gasteiger partial charge in [-0.1, -0.05) is 55.4 Å². The smallest absolute Gasteiger partial charge is 0.264 e. The lowest BCUT2D eigenvalue weighted by atomic mass is 9.80. The lowest BCUT2D eigenvalue weighted by molar-refractivity contribution is 0.290. The maximum atomic E-state index is 11.9.